The van der Waals surface area contributed by atoms with Crippen LogP contribution in [0.15, 0.2) is 41.3 Å². The summed E-state index contributed by atoms with van der Waals surface area (Å²) in [6.07, 6.45) is 4.74. The lowest BCUT2D eigenvalue weighted by Gasteiger charge is -2.37. The third-order valence-corrected chi connectivity index (χ3v) is 9.23. The van der Waals surface area contributed by atoms with E-state index in [1.54, 1.807) is 0 Å². The van der Waals surface area contributed by atoms with Crippen molar-refractivity contribution in [1.29, 1.82) is 0 Å². The van der Waals surface area contributed by atoms with Crippen LogP contribution in [0.3, 0.4) is 0 Å². The van der Waals surface area contributed by atoms with Gasteiger partial charge >= 0.3 is 0 Å². The van der Waals surface area contributed by atoms with E-state index in [0.717, 1.165) is 98.8 Å². The number of hydrogen-bond donors (Lipinski definition) is 2. The Kier molecular flexibility index (Phi) is 11.1. The van der Waals surface area contributed by atoms with Gasteiger partial charge in [0, 0.05) is 92.3 Å². The van der Waals surface area contributed by atoms with Crippen LogP contribution >= 0.6 is 0 Å². The minimum absolute atomic E-state index is 0.151. The molecule has 1 aromatic carbocycles. The fourth-order valence-electron chi connectivity index (χ4n) is 6.58. The van der Waals surface area contributed by atoms with Crippen LogP contribution in [0, 0.1) is 13.8 Å². The number of ether oxygens (including phenoxy) is 1. The summed E-state index contributed by atoms with van der Waals surface area (Å²) < 4.78 is 5.67. The second kappa shape index (κ2) is 15.2. The number of aromatic nitrogens is 2. The smallest absolute Gasteiger partial charge is 0.253 e. The maximum Gasteiger partial charge on any atom is 0.253 e. The third-order valence-electron chi connectivity index (χ3n) is 9.23. The Morgan fingerprint density at radius 1 is 1.11 bits per heavy atom. The number of aryl methyl sites for hydroxylation is 1. The van der Waals surface area contributed by atoms with Crippen molar-refractivity contribution in [3.8, 4) is 17.0 Å². The van der Waals surface area contributed by atoms with E-state index in [1.807, 2.05) is 49.4 Å². The average molecular weight is 631 g/mol. The van der Waals surface area contributed by atoms with Gasteiger partial charge in [0.2, 0.25) is 5.88 Å². The molecule has 2 fully saturated rings. The molecule has 1 amide bonds. The topological polar surface area (TPSA) is 103 Å². The predicted octanol–water partition coefficient (Wildman–Crippen LogP) is 5.04. The van der Waals surface area contributed by atoms with Crippen LogP contribution in [-0.4, -0.2) is 84.9 Å². The highest BCUT2D eigenvalue weighted by Gasteiger charge is 2.25. The van der Waals surface area contributed by atoms with Gasteiger partial charge in [0.25, 0.3) is 11.5 Å². The molecule has 2 N–H and O–H groups in total. The highest BCUT2D eigenvalue weighted by molar-refractivity contribution is 5.99. The fourth-order valence-corrected chi connectivity index (χ4v) is 6.58. The molecule has 0 saturated carbocycles. The molecule has 3 aromatic rings. The number of likely N-dealkylation sites (N-methyl/N-ethyl adjacent to an activating group) is 1. The number of hydroxylamine groups is 2. The number of rotatable bonds is 10. The van der Waals surface area contributed by atoms with E-state index >= 15 is 0 Å². The molecule has 0 unspecified atom stereocenters. The number of benzene rings is 1. The molecule has 4 heterocycles. The Labute approximate surface area is 273 Å². The number of nitrogens with zero attached hydrogens (tertiary/aromatic N) is 4. The molecule has 0 bridgehead atoms. The predicted molar refractivity (Wildman–Crippen MR) is 183 cm³/mol. The molecule has 5 rings (SSSR count). The van der Waals surface area contributed by atoms with E-state index in [2.05, 4.69) is 59.0 Å². The maximum absolute atomic E-state index is 13.9. The Morgan fingerprint density at radius 3 is 2.59 bits per heavy atom. The van der Waals surface area contributed by atoms with E-state index in [0.29, 0.717) is 23.0 Å². The number of carbonyl (C=O) groups excluding carboxylic acids is 1. The van der Waals surface area contributed by atoms with Crippen molar-refractivity contribution < 1.29 is 14.4 Å². The first-order valence-corrected chi connectivity index (χ1v) is 16.7. The minimum Gasteiger partial charge on any atom is -0.386 e. The molecule has 10 heteroatoms. The van der Waals surface area contributed by atoms with Gasteiger partial charge in [-0.2, -0.15) is 0 Å². The Balaban J connectivity index is 1.46. The molecule has 0 radical (unpaired) electrons. The monoisotopic (exact) mass is 630 g/mol. The van der Waals surface area contributed by atoms with Crippen LogP contribution in [-0.2, 0) is 11.3 Å². The van der Waals surface area contributed by atoms with Crippen molar-refractivity contribution in [1.82, 2.24) is 25.2 Å². The number of nitrogens with one attached hydrogen (secondary N) is 2. The molecule has 2 aromatic heterocycles. The molecule has 248 valence electrons. The summed E-state index contributed by atoms with van der Waals surface area (Å²) in [6, 6.07) is 10.3. The third kappa shape index (κ3) is 7.97. The van der Waals surface area contributed by atoms with Gasteiger partial charge < -0.3 is 29.7 Å². The van der Waals surface area contributed by atoms with Gasteiger partial charge in [-0.1, -0.05) is 13.8 Å². The van der Waals surface area contributed by atoms with E-state index in [-0.39, 0.29) is 23.9 Å². The quantitative estimate of drug-likeness (QED) is 0.321. The summed E-state index contributed by atoms with van der Waals surface area (Å²) in [5, 5.41) is 5.06. The van der Waals surface area contributed by atoms with Gasteiger partial charge in [-0.05, 0) is 100 Å². The Hall–Kier alpha value is -3.73. The molecule has 0 aliphatic carbocycles. The normalized spacial score (nSPS) is 16.8. The van der Waals surface area contributed by atoms with Gasteiger partial charge in [-0.25, -0.2) is 4.98 Å². The summed E-state index contributed by atoms with van der Waals surface area (Å²) in [5.74, 6) is 0.500. The zero-order chi connectivity index (χ0) is 32.8. The van der Waals surface area contributed by atoms with Crippen LogP contribution in [0.5, 0.6) is 5.88 Å². The molecule has 0 atom stereocenters. The summed E-state index contributed by atoms with van der Waals surface area (Å²) in [6.45, 7) is 16.3. The van der Waals surface area contributed by atoms with E-state index < -0.39 is 0 Å². The number of H-pyrrole nitrogens is 1. The summed E-state index contributed by atoms with van der Waals surface area (Å²) in [7, 11) is 2.13. The summed E-state index contributed by atoms with van der Waals surface area (Å²) in [5.41, 5.74) is 6.53. The van der Waals surface area contributed by atoms with Crippen molar-refractivity contribution in [3.63, 3.8) is 0 Å². The number of pyridine rings is 2. The average Bonchev–Trinajstić information content (AvgIpc) is 3.25. The largest absolute Gasteiger partial charge is 0.386 e. The van der Waals surface area contributed by atoms with Crippen molar-refractivity contribution >= 4 is 11.6 Å². The van der Waals surface area contributed by atoms with Crippen LogP contribution in [0.2, 0.25) is 0 Å². The Morgan fingerprint density at radius 2 is 1.89 bits per heavy atom. The maximum atomic E-state index is 13.9. The van der Waals surface area contributed by atoms with Crippen LogP contribution in [0.1, 0.15) is 78.7 Å². The molecule has 2 aliphatic rings. The lowest BCUT2D eigenvalue weighted by Crippen LogP contribution is -2.40. The minimum atomic E-state index is -0.211. The summed E-state index contributed by atoms with van der Waals surface area (Å²) in [4.78, 5) is 45.2. The van der Waals surface area contributed by atoms with Gasteiger partial charge in [0.1, 0.15) is 0 Å². The van der Waals surface area contributed by atoms with Crippen LogP contribution < -0.4 is 20.6 Å². The summed E-state index contributed by atoms with van der Waals surface area (Å²) >= 11 is 0. The number of amides is 1. The van der Waals surface area contributed by atoms with E-state index in [9.17, 15) is 9.59 Å². The van der Waals surface area contributed by atoms with Gasteiger partial charge in [0.05, 0.1) is 0 Å². The lowest BCUT2D eigenvalue weighted by molar-refractivity contribution is -0.0579. The number of hydrogen-bond acceptors (Lipinski definition) is 8. The first-order valence-electron chi connectivity index (χ1n) is 16.7. The Bertz CT molecular complexity index is 1550. The van der Waals surface area contributed by atoms with E-state index in [4.69, 9.17) is 9.57 Å². The fraction of sp³-hybridized carbons (Fsp3) is 0.528. The number of anilines is 1. The molecule has 10 nitrogen and oxygen atoms in total. The first kappa shape index (κ1) is 33.6. The zero-order valence-electron chi connectivity index (χ0n) is 28.3. The zero-order valence-corrected chi connectivity index (χ0v) is 28.3. The second-order valence-corrected chi connectivity index (χ2v) is 12.9. The standard InChI is InChI=1S/C36H50N6O4/c1-7-42(29-11-17-45-18-12-29)33-21-28(27-9-10-34(37-22-27)46-41-14-8-13-40(6)15-16-41)20-31(26(33)5)35(43)38-23-32-30(24(2)3)19-25(4)39-36(32)44/h9-10,19-22,24,29H,7-8,11-18,23H2,1-6H3,(H,38,43)(H,39,44). The molecular weight excluding hydrogens is 580 g/mol. The van der Waals surface area contributed by atoms with Gasteiger partial charge in [-0.3, -0.25) is 9.59 Å². The second-order valence-electron chi connectivity index (χ2n) is 12.9. The molecular formula is C36H50N6O4. The highest BCUT2D eigenvalue weighted by atomic mass is 16.7. The number of carbonyl (C=O) groups is 1. The molecule has 0 spiro atoms. The van der Waals surface area contributed by atoms with Crippen molar-refractivity contribution in [2.45, 2.75) is 72.4 Å². The van der Waals surface area contributed by atoms with Crippen LogP contribution in [0.4, 0.5) is 5.69 Å². The SMILES string of the molecule is CCN(c1cc(-c2ccc(ON3CCCN(C)CC3)nc2)cc(C(=O)NCc2c(C(C)C)cc(C)[nH]c2=O)c1C)C1CCOCC1. The van der Waals surface area contributed by atoms with Crippen LogP contribution in [0.25, 0.3) is 11.1 Å². The van der Waals surface area contributed by atoms with E-state index in [1.165, 1.54) is 0 Å². The lowest BCUT2D eigenvalue weighted by atomic mass is 9.95. The first-order chi connectivity index (χ1) is 22.1. The number of aromatic amines is 1. The van der Waals surface area contributed by atoms with Crippen molar-refractivity contribution in [2.24, 2.45) is 0 Å². The highest BCUT2D eigenvalue weighted by Crippen LogP contribution is 2.34. The molecule has 46 heavy (non-hydrogen) atoms. The molecule has 2 saturated heterocycles. The van der Waals surface area contributed by atoms with Crippen molar-refractivity contribution in [3.05, 3.63) is 74.8 Å². The van der Waals surface area contributed by atoms with Gasteiger partial charge in [0.15, 0.2) is 0 Å². The van der Waals surface area contributed by atoms with Crippen molar-refractivity contribution in [2.75, 3.05) is 57.9 Å². The van der Waals surface area contributed by atoms with Gasteiger partial charge in [-0.15, -0.1) is 5.06 Å². The molecule has 2 aliphatic heterocycles.